The molecule has 5 nitrogen and oxygen atoms in total. The van der Waals surface area contributed by atoms with Crippen molar-refractivity contribution in [1.29, 1.82) is 5.41 Å². The van der Waals surface area contributed by atoms with Gasteiger partial charge in [-0.3, -0.25) is 5.41 Å². The zero-order chi connectivity index (χ0) is 16.6. The first-order valence-corrected chi connectivity index (χ1v) is 7.95. The Morgan fingerprint density at radius 2 is 1.96 bits per heavy atom. The molecule has 0 amide bonds. The fourth-order valence-electron chi connectivity index (χ4n) is 3.17. The van der Waals surface area contributed by atoms with Crippen molar-refractivity contribution in [2.45, 2.75) is 19.3 Å². The fourth-order valence-corrected chi connectivity index (χ4v) is 3.17. The van der Waals surface area contributed by atoms with E-state index in [0.29, 0.717) is 23.6 Å². The van der Waals surface area contributed by atoms with Crippen molar-refractivity contribution in [3.05, 3.63) is 23.3 Å². The molecule has 7 heteroatoms. The first-order valence-electron chi connectivity index (χ1n) is 7.95. The van der Waals surface area contributed by atoms with E-state index in [1.54, 1.807) is 11.0 Å². The third-order valence-corrected chi connectivity index (χ3v) is 4.59. The topological polar surface area (TPSA) is 68.4 Å². The second kappa shape index (κ2) is 5.96. The first-order chi connectivity index (χ1) is 10.9. The lowest BCUT2D eigenvalue weighted by molar-refractivity contribution is 0.0257. The van der Waals surface area contributed by atoms with E-state index < -0.39 is 5.92 Å². The molecule has 2 heterocycles. The van der Waals surface area contributed by atoms with E-state index in [-0.39, 0.29) is 13.0 Å². The lowest BCUT2D eigenvalue weighted by Crippen LogP contribution is -2.46. The Morgan fingerprint density at radius 3 is 2.57 bits per heavy atom. The smallest absolute Gasteiger partial charge is 0.266 e. The largest absolute Gasteiger partial charge is 0.398 e. The van der Waals surface area contributed by atoms with Crippen molar-refractivity contribution in [2.24, 2.45) is 0 Å². The molecule has 126 valence electrons. The van der Waals surface area contributed by atoms with E-state index in [4.69, 9.17) is 11.1 Å². The van der Waals surface area contributed by atoms with Crippen LogP contribution in [0.1, 0.15) is 17.5 Å². The van der Waals surface area contributed by atoms with Gasteiger partial charge in [-0.05, 0) is 24.6 Å². The number of nitrogens with one attached hydrogen (secondary N) is 2. The average molecular weight is 323 g/mol. The summed E-state index contributed by atoms with van der Waals surface area (Å²) in [5, 5.41) is 11.7. The van der Waals surface area contributed by atoms with Crippen molar-refractivity contribution >= 4 is 17.2 Å². The number of hydrogen-bond acceptors (Lipinski definition) is 4. The maximum atomic E-state index is 13.5. The number of halogens is 2. The van der Waals surface area contributed by atoms with Gasteiger partial charge in [0, 0.05) is 56.1 Å². The summed E-state index contributed by atoms with van der Waals surface area (Å²) in [5.74, 6) is -2.26. The Bertz CT molecular complexity index is 611. The highest BCUT2D eigenvalue weighted by Gasteiger charge is 2.38. The summed E-state index contributed by atoms with van der Waals surface area (Å²) in [5.41, 5.74) is 8.91. The van der Waals surface area contributed by atoms with Crippen LogP contribution in [0.5, 0.6) is 0 Å². The molecule has 0 saturated carbocycles. The quantitative estimate of drug-likeness (QED) is 0.440. The number of benzene rings is 1. The number of rotatable bonds is 2. The molecule has 0 aliphatic carbocycles. The van der Waals surface area contributed by atoms with E-state index in [2.05, 4.69) is 5.32 Å². The number of anilines is 2. The summed E-state index contributed by atoms with van der Waals surface area (Å²) in [4.78, 5) is 3.66. The minimum atomic E-state index is -2.64. The van der Waals surface area contributed by atoms with Crippen molar-refractivity contribution < 1.29 is 8.78 Å². The van der Waals surface area contributed by atoms with Crippen molar-refractivity contribution in [2.75, 3.05) is 49.9 Å². The predicted octanol–water partition coefficient (Wildman–Crippen LogP) is 1.65. The van der Waals surface area contributed by atoms with Gasteiger partial charge in [-0.15, -0.1) is 0 Å². The van der Waals surface area contributed by atoms with Gasteiger partial charge < -0.3 is 20.9 Å². The molecule has 3 rings (SSSR count). The summed E-state index contributed by atoms with van der Waals surface area (Å²) in [6, 6.07) is 3.62. The van der Waals surface area contributed by atoms with Crippen LogP contribution in [-0.4, -0.2) is 55.9 Å². The Morgan fingerprint density at radius 1 is 1.26 bits per heavy atom. The average Bonchev–Trinajstić information content (AvgIpc) is 2.90. The van der Waals surface area contributed by atoms with Crippen molar-refractivity contribution in [3.63, 3.8) is 0 Å². The molecule has 0 atom stereocenters. The number of alkyl halides is 2. The molecule has 0 bridgehead atoms. The van der Waals surface area contributed by atoms with Crippen LogP contribution >= 0.6 is 0 Å². The number of piperazine rings is 1. The molecule has 2 fully saturated rings. The van der Waals surface area contributed by atoms with Crippen LogP contribution in [0.15, 0.2) is 12.1 Å². The van der Waals surface area contributed by atoms with Gasteiger partial charge in [0.25, 0.3) is 5.92 Å². The SMILES string of the molecule is Cc1cc(N2CCC(F)(F)C2)cc(C(=N)N2CCNCC2)c1N. The number of aryl methyl sites for hydroxylation is 1. The van der Waals surface area contributed by atoms with Gasteiger partial charge >= 0.3 is 0 Å². The van der Waals surface area contributed by atoms with Crippen LogP contribution in [0, 0.1) is 12.3 Å². The molecule has 2 aliphatic rings. The van der Waals surface area contributed by atoms with Gasteiger partial charge in [-0.1, -0.05) is 0 Å². The van der Waals surface area contributed by atoms with Gasteiger partial charge in [0.05, 0.1) is 6.54 Å². The molecule has 0 unspecified atom stereocenters. The minimum Gasteiger partial charge on any atom is -0.398 e. The lowest BCUT2D eigenvalue weighted by Gasteiger charge is -2.31. The van der Waals surface area contributed by atoms with E-state index in [9.17, 15) is 8.78 Å². The number of nitrogens with zero attached hydrogens (tertiary/aromatic N) is 2. The van der Waals surface area contributed by atoms with Crippen molar-refractivity contribution in [1.82, 2.24) is 10.2 Å². The maximum Gasteiger partial charge on any atom is 0.266 e. The maximum absolute atomic E-state index is 13.5. The Balaban J connectivity index is 1.89. The van der Waals surface area contributed by atoms with E-state index in [1.807, 2.05) is 17.9 Å². The summed E-state index contributed by atoms with van der Waals surface area (Å²) >= 11 is 0. The summed E-state index contributed by atoms with van der Waals surface area (Å²) in [6.07, 6.45) is -0.124. The van der Waals surface area contributed by atoms with E-state index in [1.165, 1.54) is 0 Å². The van der Waals surface area contributed by atoms with Gasteiger partial charge in [-0.25, -0.2) is 8.78 Å². The Kier molecular flexibility index (Phi) is 4.14. The normalized spacial score (nSPS) is 20.8. The molecule has 2 aliphatic heterocycles. The van der Waals surface area contributed by atoms with Crippen LogP contribution in [0.2, 0.25) is 0 Å². The molecular formula is C16H23F2N5. The number of hydrogen-bond donors (Lipinski definition) is 3. The highest BCUT2D eigenvalue weighted by atomic mass is 19.3. The number of nitrogens with two attached hydrogens (primary N) is 1. The van der Waals surface area contributed by atoms with Crippen LogP contribution in [0.25, 0.3) is 0 Å². The third kappa shape index (κ3) is 3.24. The van der Waals surface area contributed by atoms with Gasteiger partial charge in [-0.2, -0.15) is 0 Å². The second-order valence-electron chi connectivity index (χ2n) is 6.34. The fraction of sp³-hybridized carbons (Fsp3) is 0.562. The van der Waals surface area contributed by atoms with Gasteiger partial charge in [0.1, 0.15) is 5.84 Å². The van der Waals surface area contributed by atoms with E-state index in [0.717, 1.165) is 37.4 Å². The first kappa shape index (κ1) is 16.0. The third-order valence-electron chi connectivity index (χ3n) is 4.59. The number of nitrogen functional groups attached to an aromatic ring is 1. The minimum absolute atomic E-state index is 0.124. The van der Waals surface area contributed by atoms with Gasteiger partial charge in [0.2, 0.25) is 0 Å². The van der Waals surface area contributed by atoms with Crippen molar-refractivity contribution in [3.8, 4) is 0 Å². The number of amidine groups is 1. The highest BCUT2D eigenvalue weighted by molar-refractivity contribution is 6.02. The molecule has 0 radical (unpaired) electrons. The molecule has 0 spiro atoms. The lowest BCUT2D eigenvalue weighted by atomic mass is 10.0. The Labute approximate surface area is 134 Å². The zero-order valence-electron chi connectivity index (χ0n) is 13.3. The molecular weight excluding hydrogens is 300 g/mol. The van der Waals surface area contributed by atoms with Crippen LogP contribution in [0.4, 0.5) is 20.2 Å². The molecule has 0 aromatic heterocycles. The molecule has 23 heavy (non-hydrogen) atoms. The standard InChI is InChI=1S/C16H23F2N5/c1-11-8-12(23-5-2-16(17,18)10-23)9-13(14(11)19)15(20)22-6-3-21-4-7-22/h8-9,20-21H,2-7,10,19H2,1H3. The molecule has 1 aromatic carbocycles. The van der Waals surface area contributed by atoms with Crippen LogP contribution in [-0.2, 0) is 0 Å². The Hall–Kier alpha value is -1.89. The predicted molar refractivity (Wildman–Crippen MR) is 88.6 cm³/mol. The highest BCUT2D eigenvalue weighted by Crippen LogP contribution is 2.33. The van der Waals surface area contributed by atoms with Gasteiger partial charge in [0.15, 0.2) is 0 Å². The summed E-state index contributed by atoms with van der Waals surface area (Å²) in [6.45, 7) is 5.10. The summed E-state index contributed by atoms with van der Waals surface area (Å²) in [7, 11) is 0. The molecule has 4 N–H and O–H groups in total. The second-order valence-corrected chi connectivity index (χ2v) is 6.34. The summed E-state index contributed by atoms with van der Waals surface area (Å²) < 4.78 is 27.0. The monoisotopic (exact) mass is 323 g/mol. The van der Waals surface area contributed by atoms with E-state index >= 15 is 0 Å². The zero-order valence-corrected chi connectivity index (χ0v) is 13.3. The van der Waals surface area contributed by atoms with Crippen LogP contribution < -0.4 is 16.0 Å². The molecule has 2 saturated heterocycles. The molecule has 1 aromatic rings. The van der Waals surface area contributed by atoms with Crippen LogP contribution in [0.3, 0.4) is 0 Å².